The van der Waals surface area contributed by atoms with Gasteiger partial charge in [-0.15, -0.1) is 11.6 Å². The zero-order valence-corrected chi connectivity index (χ0v) is 9.42. The van der Waals surface area contributed by atoms with Crippen molar-refractivity contribution in [3.05, 3.63) is 16.3 Å². The number of rotatable bonds is 5. The average molecular weight is 218 g/mol. The van der Waals surface area contributed by atoms with Gasteiger partial charge in [-0.2, -0.15) is 5.10 Å². The highest BCUT2D eigenvalue weighted by Gasteiger charge is 2.09. The standard InChI is InChI=1S/C9H16ClN3O/c1-3-8-11-13(7-5-6-10)9(14)12(8)4-2/h3-7H2,1-2H3. The van der Waals surface area contributed by atoms with Crippen LogP contribution < -0.4 is 5.69 Å². The first kappa shape index (κ1) is 11.3. The van der Waals surface area contributed by atoms with Crippen LogP contribution in [0.25, 0.3) is 0 Å². The molecule has 0 aliphatic rings. The van der Waals surface area contributed by atoms with Crippen LogP contribution in [0.1, 0.15) is 26.1 Å². The number of alkyl halides is 1. The van der Waals surface area contributed by atoms with E-state index in [9.17, 15) is 4.79 Å². The minimum Gasteiger partial charge on any atom is -0.279 e. The van der Waals surface area contributed by atoms with Gasteiger partial charge in [0, 0.05) is 25.4 Å². The van der Waals surface area contributed by atoms with Gasteiger partial charge in [0.15, 0.2) is 0 Å². The van der Waals surface area contributed by atoms with E-state index in [-0.39, 0.29) is 5.69 Å². The normalized spacial score (nSPS) is 10.8. The molecule has 0 aromatic carbocycles. The van der Waals surface area contributed by atoms with Crippen LogP contribution in [0, 0.1) is 0 Å². The molecular weight excluding hydrogens is 202 g/mol. The maximum Gasteiger partial charge on any atom is 0.345 e. The number of hydrogen-bond acceptors (Lipinski definition) is 2. The second-order valence-corrected chi connectivity index (χ2v) is 3.44. The van der Waals surface area contributed by atoms with Crippen molar-refractivity contribution in [2.24, 2.45) is 0 Å². The molecule has 0 bridgehead atoms. The number of aromatic nitrogens is 3. The molecule has 14 heavy (non-hydrogen) atoms. The van der Waals surface area contributed by atoms with E-state index in [0.29, 0.717) is 19.0 Å². The maximum atomic E-state index is 11.7. The fraction of sp³-hybridized carbons (Fsp3) is 0.778. The third-order valence-electron chi connectivity index (χ3n) is 2.14. The van der Waals surface area contributed by atoms with Crippen molar-refractivity contribution in [2.75, 3.05) is 5.88 Å². The number of nitrogens with zero attached hydrogens (tertiary/aromatic N) is 3. The van der Waals surface area contributed by atoms with Crippen molar-refractivity contribution >= 4 is 11.6 Å². The molecule has 0 saturated heterocycles. The summed E-state index contributed by atoms with van der Waals surface area (Å²) in [6.45, 7) is 5.25. The summed E-state index contributed by atoms with van der Waals surface area (Å²) in [6.07, 6.45) is 1.57. The van der Waals surface area contributed by atoms with Crippen LogP contribution in [-0.2, 0) is 19.5 Å². The zero-order chi connectivity index (χ0) is 10.6. The fourth-order valence-corrected chi connectivity index (χ4v) is 1.54. The van der Waals surface area contributed by atoms with Crippen molar-refractivity contribution in [3.8, 4) is 0 Å². The third kappa shape index (κ3) is 2.18. The van der Waals surface area contributed by atoms with Crippen molar-refractivity contribution in [3.63, 3.8) is 0 Å². The monoisotopic (exact) mass is 217 g/mol. The second-order valence-electron chi connectivity index (χ2n) is 3.06. The van der Waals surface area contributed by atoms with Crippen LogP contribution in [0.3, 0.4) is 0 Å². The molecule has 0 radical (unpaired) electrons. The van der Waals surface area contributed by atoms with E-state index < -0.39 is 0 Å². The minimum absolute atomic E-state index is 0.0190. The van der Waals surface area contributed by atoms with Crippen LogP contribution in [0.15, 0.2) is 4.79 Å². The summed E-state index contributed by atoms with van der Waals surface area (Å²) in [6, 6.07) is 0. The smallest absolute Gasteiger partial charge is 0.279 e. The predicted molar refractivity (Wildman–Crippen MR) is 56.9 cm³/mol. The highest BCUT2D eigenvalue weighted by Crippen LogP contribution is 1.95. The second kappa shape index (κ2) is 5.20. The van der Waals surface area contributed by atoms with Crippen LogP contribution in [0.4, 0.5) is 0 Å². The topological polar surface area (TPSA) is 39.8 Å². The minimum atomic E-state index is -0.0190. The Hall–Kier alpha value is -0.770. The SMILES string of the molecule is CCc1nn(CCCCl)c(=O)n1CC. The van der Waals surface area contributed by atoms with Crippen molar-refractivity contribution in [1.29, 1.82) is 0 Å². The molecule has 0 fully saturated rings. The predicted octanol–water partition coefficient (Wildman–Crippen LogP) is 1.26. The number of hydrogen-bond donors (Lipinski definition) is 0. The van der Waals surface area contributed by atoms with E-state index in [1.165, 1.54) is 4.68 Å². The highest BCUT2D eigenvalue weighted by molar-refractivity contribution is 6.17. The molecule has 0 saturated carbocycles. The third-order valence-corrected chi connectivity index (χ3v) is 2.40. The molecular formula is C9H16ClN3O. The Morgan fingerprint density at radius 2 is 2.14 bits per heavy atom. The van der Waals surface area contributed by atoms with Crippen LogP contribution in [0.2, 0.25) is 0 Å². The van der Waals surface area contributed by atoms with E-state index in [4.69, 9.17) is 11.6 Å². The van der Waals surface area contributed by atoms with Crippen LogP contribution in [-0.4, -0.2) is 20.2 Å². The Morgan fingerprint density at radius 3 is 2.57 bits per heavy atom. The highest BCUT2D eigenvalue weighted by atomic mass is 35.5. The first-order valence-electron chi connectivity index (χ1n) is 4.97. The lowest BCUT2D eigenvalue weighted by molar-refractivity contribution is 0.569. The molecule has 1 heterocycles. The summed E-state index contributed by atoms with van der Waals surface area (Å²) in [5.74, 6) is 1.42. The average Bonchev–Trinajstić information content (AvgIpc) is 2.51. The quantitative estimate of drug-likeness (QED) is 0.697. The van der Waals surface area contributed by atoms with Gasteiger partial charge in [-0.3, -0.25) is 4.57 Å². The molecule has 5 heteroatoms. The lowest BCUT2D eigenvalue weighted by atomic mass is 10.4. The number of halogens is 1. The molecule has 0 atom stereocenters. The molecule has 4 nitrogen and oxygen atoms in total. The van der Waals surface area contributed by atoms with E-state index in [1.807, 2.05) is 13.8 Å². The first-order chi connectivity index (χ1) is 6.74. The molecule has 0 unspecified atom stereocenters. The van der Waals surface area contributed by atoms with Crippen molar-refractivity contribution < 1.29 is 0 Å². The van der Waals surface area contributed by atoms with Crippen molar-refractivity contribution in [2.45, 2.75) is 39.8 Å². The first-order valence-corrected chi connectivity index (χ1v) is 5.50. The molecule has 80 valence electrons. The fourth-order valence-electron chi connectivity index (χ4n) is 1.42. The largest absolute Gasteiger partial charge is 0.345 e. The molecule has 1 aromatic heterocycles. The van der Waals surface area contributed by atoms with Gasteiger partial charge in [0.1, 0.15) is 5.82 Å². The van der Waals surface area contributed by atoms with E-state index in [2.05, 4.69) is 5.10 Å². The van der Waals surface area contributed by atoms with Gasteiger partial charge in [0.05, 0.1) is 0 Å². The molecule has 1 rings (SSSR count). The summed E-state index contributed by atoms with van der Waals surface area (Å²) in [4.78, 5) is 11.7. The van der Waals surface area contributed by atoms with Crippen LogP contribution in [0.5, 0.6) is 0 Å². The molecule has 0 aliphatic heterocycles. The van der Waals surface area contributed by atoms with Gasteiger partial charge in [-0.05, 0) is 13.3 Å². The number of aryl methyl sites for hydroxylation is 2. The lowest BCUT2D eigenvalue weighted by Gasteiger charge is -1.96. The summed E-state index contributed by atoms with van der Waals surface area (Å²) in [5.41, 5.74) is -0.0190. The molecule has 0 aliphatic carbocycles. The molecule has 0 spiro atoms. The Morgan fingerprint density at radius 1 is 1.43 bits per heavy atom. The Kier molecular flexibility index (Phi) is 4.20. The molecule has 1 aromatic rings. The van der Waals surface area contributed by atoms with Crippen molar-refractivity contribution in [1.82, 2.24) is 14.3 Å². The van der Waals surface area contributed by atoms with Gasteiger partial charge < -0.3 is 0 Å². The van der Waals surface area contributed by atoms with Gasteiger partial charge in [0.25, 0.3) is 0 Å². The van der Waals surface area contributed by atoms with E-state index in [0.717, 1.165) is 18.7 Å². The van der Waals surface area contributed by atoms with Gasteiger partial charge in [0.2, 0.25) is 0 Å². The maximum absolute atomic E-state index is 11.7. The van der Waals surface area contributed by atoms with Gasteiger partial charge >= 0.3 is 5.69 Å². The zero-order valence-electron chi connectivity index (χ0n) is 8.66. The van der Waals surface area contributed by atoms with Crippen LogP contribution >= 0.6 is 11.6 Å². The van der Waals surface area contributed by atoms with E-state index >= 15 is 0 Å². The Bertz CT molecular complexity index is 342. The Labute approximate surface area is 88.5 Å². The molecule has 0 amide bonds. The Balaban J connectivity index is 2.96. The lowest BCUT2D eigenvalue weighted by Crippen LogP contribution is -2.25. The van der Waals surface area contributed by atoms with Gasteiger partial charge in [-0.25, -0.2) is 9.48 Å². The van der Waals surface area contributed by atoms with Gasteiger partial charge in [-0.1, -0.05) is 6.92 Å². The summed E-state index contributed by atoms with van der Waals surface area (Å²) in [5, 5.41) is 4.25. The summed E-state index contributed by atoms with van der Waals surface area (Å²) >= 11 is 5.57. The molecule has 0 N–H and O–H groups in total. The summed E-state index contributed by atoms with van der Waals surface area (Å²) in [7, 11) is 0. The van der Waals surface area contributed by atoms with E-state index in [1.54, 1.807) is 4.57 Å². The summed E-state index contributed by atoms with van der Waals surface area (Å²) < 4.78 is 3.21.